The number of H-pyrrole nitrogens is 1. The number of fused-ring (bicyclic) bond motifs is 1. The molecule has 2 N–H and O–H groups in total. The van der Waals surface area contributed by atoms with Gasteiger partial charge in [-0.3, -0.25) is 19.4 Å². The average Bonchev–Trinajstić information content (AvgIpc) is 3.20. The zero-order valence-corrected chi connectivity index (χ0v) is 18.4. The lowest BCUT2D eigenvalue weighted by Gasteiger charge is -2.29. The molecule has 0 bridgehead atoms. The molecule has 9 nitrogen and oxygen atoms in total. The molecule has 1 aliphatic rings. The lowest BCUT2D eigenvalue weighted by atomic mass is 9.75. The van der Waals surface area contributed by atoms with Gasteiger partial charge < -0.3 is 14.8 Å². The van der Waals surface area contributed by atoms with Crippen LogP contribution in [0.4, 0.5) is 0 Å². The van der Waals surface area contributed by atoms with Crippen LogP contribution >= 0.6 is 0 Å². The first-order chi connectivity index (χ1) is 15.1. The minimum atomic E-state index is -0.620. The molecular weight excluding hydrogens is 410 g/mol. The summed E-state index contributed by atoms with van der Waals surface area (Å²) in [4.78, 5) is 49.4. The number of carbonyl (C=O) groups is 2. The fourth-order valence-electron chi connectivity index (χ4n) is 3.90. The maximum Gasteiger partial charge on any atom is 0.261 e. The number of Topliss-reactive ketones (excluding diaryl/α,β-unsaturated/α-hetero) is 1. The normalized spacial score (nSPS) is 16.0. The van der Waals surface area contributed by atoms with Crippen molar-refractivity contribution in [3.63, 3.8) is 0 Å². The zero-order valence-electron chi connectivity index (χ0n) is 18.4. The summed E-state index contributed by atoms with van der Waals surface area (Å²) >= 11 is 0. The number of pyridine rings is 2. The number of amides is 1. The van der Waals surface area contributed by atoms with E-state index in [4.69, 9.17) is 4.52 Å². The van der Waals surface area contributed by atoms with Crippen molar-refractivity contribution in [1.82, 2.24) is 25.4 Å². The molecule has 1 unspecified atom stereocenters. The molecule has 3 aromatic heterocycles. The highest BCUT2D eigenvalue weighted by Gasteiger charge is 2.33. The molecule has 9 heteroatoms. The summed E-state index contributed by atoms with van der Waals surface area (Å²) in [5, 5.41) is 6.79. The number of hydrogen-bond acceptors (Lipinski definition) is 7. The molecule has 32 heavy (non-hydrogen) atoms. The van der Waals surface area contributed by atoms with E-state index in [0.717, 1.165) is 0 Å². The average molecular weight is 435 g/mol. The minimum Gasteiger partial charge on any atom is -0.340 e. The highest BCUT2D eigenvalue weighted by Crippen LogP contribution is 2.33. The number of hydrogen-bond donors (Lipinski definition) is 2. The first-order valence-electron chi connectivity index (χ1n) is 10.5. The van der Waals surface area contributed by atoms with Gasteiger partial charge in [0, 0.05) is 35.6 Å². The van der Waals surface area contributed by atoms with E-state index in [1.807, 2.05) is 27.7 Å². The van der Waals surface area contributed by atoms with Crippen LogP contribution in [0.5, 0.6) is 0 Å². The molecular formula is C23H25N5O4. The highest BCUT2D eigenvalue weighted by molar-refractivity contribution is 6.02. The standard InChI is InChI=1S/C23H25N5O4/c1-12(2)18(22-27-19(28-32-22)13-6-5-7-24-11-13)26-21(31)15-8-14-16(25-20(15)30)9-23(3,4)10-17(14)29/h5-8,11-12,18H,9-10H2,1-4H3,(H,25,30)(H,26,31). The van der Waals surface area contributed by atoms with Crippen molar-refractivity contribution in [3.8, 4) is 11.4 Å². The van der Waals surface area contributed by atoms with E-state index in [9.17, 15) is 14.4 Å². The Hall–Kier alpha value is -3.62. The SMILES string of the molecule is CC(C)C(NC(=O)c1cc2c([nH]c1=O)CC(C)(C)CC2=O)c1nc(-c2cccnc2)no1. The van der Waals surface area contributed by atoms with E-state index in [-0.39, 0.29) is 28.6 Å². The quantitative estimate of drug-likeness (QED) is 0.629. The van der Waals surface area contributed by atoms with Crippen LogP contribution in [-0.4, -0.2) is 31.8 Å². The molecule has 1 atom stereocenters. The smallest absolute Gasteiger partial charge is 0.261 e. The Balaban J connectivity index is 1.61. The van der Waals surface area contributed by atoms with Crippen LogP contribution in [0.2, 0.25) is 0 Å². The molecule has 3 aromatic rings. The van der Waals surface area contributed by atoms with Crippen LogP contribution in [-0.2, 0) is 6.42 Å². The summed E-state index contributed by atoms with van der Waals surface area (Å²) in [7, 11) is 0. The summed E-state index contributed by atoms with van der Waals surface area (Å²) in [6.45, 7) is 7.73. The Morgan fingerprint density at radius 2 is 2.03 bits per heavy atom. The van der Waals surface area contributed by atoms with Crippen molar-refractivity contribution < 1.29 is 14.1 Å². The van der Waals surface area contributed by atoms with Crippen LogP contribution in [0.15, 0.2) is 39.9 Å². The third kappa shape index (κ3) is 4.23. The number of aromatic nitrogens is 4. The van der Waals surface area contributed by atoms with Crippen molar-refractivity contribution in [2.75, 3.05) is 0 Å². The number of carbonyl (C=O) groups excluding carboxylic acids is 2. The van der Waals surface area contributed by atoms with E-state index in [2.05, 4.69) is 25.4 Å². The molecule has 3 heterocycles. The topological polar surface area (TPSA) is 131 Å². The predicted molar refractivity (Wildman–Crippen MR) is 116 cm³/mol. The Bertz CT molecular complexity index is 1230. The van der Waals surface area contributed by atoms with Crippen LogP contribution in [0.3, 0.4) is 0 Å². The maximum absolute atomic E-state index is 13.0. The van der Waals surface area contributed by atoms with Crippen molar-refractivity contribution in [2.24, 2.45) is 11.3 Å². The van der Waals surface area contributed by atoms with Gasteiger partial charge in [-0.2, -0.15) is 4.98 Å². The summed E-state index contributed by atoms with van der Waals surface area (Å²) in [6, 6.07) is 4.34. The number of ketones is 1. The van der Waals surface area contributed by atoms with Crippen LogP contribution in [0.1, 0.15) is 72.5 Å². The van der Waals surface area contributed by atoms with E-state index >= 15 is 0 Å². The summed E-state index contributed by atoms with van der Waals surface area (Å²) in [5.41, 5.74) is 0.774. The summed E-state index contributed by atoms with van der Waals surface area (Å²) in [6.07, 6.45) is 4.19. The second kappa shape index (κ2) is 8.14. The van der Waals surface area contributed by atoms with Crippen molar-refractivity contribution in [2.45, 2.75) is 46.6 Å². The molecule has 1 aliphatic carbocycles. The third-order valence-corrected chi connectivity index (χ3v) is 5.54. The number of rotatable bonds is 5. The van der Waals surface area contributed by atoms with E-state index < -0.39 is 17.5 Å². The Morgan fingerprint density at radius 1 is 1.25 bits per heavy atom. The molecule has 0 spiro atoms. The molecule has 1 amide bonds. The largest absolute Gasteiger partial charge is 0.340 e. The van der Waals surface area contributed by atoms with Gasteiger partial charge in [-0.25, -0.2) is 0 Å². The van der Waals surface area contributed by atoms with Crippen LogP contribution in [0.25, 0.3) is 11.4 Å². The lowest BCUT2D eigenvalue weighted by Crippen LogP contribution is -2.37. The van der Waals surface area contributed by atoms with Crippen LogP contribution in [0, 0.1) is 11.3 Å². The van der Waals surface area contributed by atoms with Crippen molar-refractivity contribution in [3.05, 3.63) is 63.7 Å². The fraction of sp³-hybridized carbons (Fsp3) is 0.391. The van der Waals surface area contributed by atoms with Gasteiger partial charge in [-0.05, 0) is 36.0 Å². The van der Waals surface area contributed by atoms with E-state index in [1.165, 1.54) is 6.07 Å². The molecule has 0 radical (unpaired) electrons. The van der Waals surface area contributed by atoms with Crippen LogP contribution < -0.4 is 10.9 Å². The lowest BCUT2D eigenvalue weighted by molar-refractivity contribution is 0.0909. The number of nitrogens with zero attached hydrogens (tertiary/aromatic N) is 3. The third-order valence-electron chi connectivity index (χ3n) is 5.54. The van der Waals surface area contributed by atoms with Gasteiger partial charge in [0.15, 0.2) is 5.78 Å². The Morgan fingerprint density at radius 3 is 2.72 bits per heavy atom. The van der Waals surface area contributed by atoms with Crippen molar-refractivity contribution in [1.29, 1.82) is 0 Å². The van der Waals surface area contributed by atoms with Gasteiger partial charge in [0.2, 0.25) is 11.7 Å². The molecule has 0 saturated carbocycles. The number of nitrogens with one attached hydrogen (secondary N) is 2. The highest BCUT2D eigenvalue weighted by atomic mass is 16.5. The molecule has 0 fully saturated rings. The Labute approximate surface area is 184 Å². The Kier molecular flexibility index (Phi) is 5.50. The first kappa shape index (κ1) is 21.6. The molecule has 0 aromatic carbocycles. The second-order valence-electron chi connectivity index (χ2n) is 9.24. The van der Waals surface area contributed by atoms with Gasteiger partial charge >= 0.3 is 0 Å². The molecule has 4 rings (SSSR count). The van der Waals surface area contributed by atoms with Gasteiger partial charge in [0.25, 0.3) is 11.5 Å². The maximum atomic E-state index is 13.0. The molecule has 166 valence electrons. The summed E-state index contributed by atoms with van der Waals surface area (Å²) in [5.74, 6) is -0.209. The summed E-state index contributed by atoms with van der Waals surface area (Å²) < 4.78 is 5.40. The predicted octanol–water partition coefficient (Wildman–Crippen LogP) is 3.10. The van der Waals surface area contributed by atoms with Gasteiger partial charge in [0.05, 0.1) is 0 Å². The fourth-order valence-corrected chi connectivity index (χ4v) is 3.90. The van der Waals surface area contributed by atoms with Gasteiger partial charge in [-0.15, -0.1) is 0 Å². The monoisotopic (exact) mass is 435 g/mol. The first-order valence-corrected chi connectivity index (χ1v) is 10.5. The van der Waals surface area contributed by atoms with E-state index in [1.54, 1.807) is 24.5 Å². The second-order valence-corrected chi connectivity index (χ2v) is 9.24. The van der Waals surface area contributed by atoms with E-state index in [0.29, 0.717) is 35.5 Å². The molecule has 0 aliphatic heterocycles. The zero-order chi connectivity index (χ0) is 23.0. The van der Waals surface area contributed by atoms with Crippen molar-refractivity contribution >= 4 is 11.7 Å². The van der Waals surface area contributed by atoms with Gasteiger partial charge in [0.1, 0.15) is 11.6 Å². The minimum absolute atomic E-state index is 0.0834. The molecule has 0 saturated heterocycles. The van der Waals surface area contributed by atoms with Gasteiger partial charge in [-0.1, -0.05) is 32.9 Å². The number of aromatic amines is 1.